The number of rotatable bonds is 6. The quantitative estimate of drug-likeness (QED) is 0.395. The maximum atomic E-state index is 12.8. The Morgan fingerprint density at radius 2 is 1.76 bits per heavy atom. The van der Waals surface area contributed by atoms with E-state index < -0.39 is 0 Å². The zero-order valence-electron chi connectivity index (χ0n) is 18.6. The Hall–Kier alpha value is -4.39. The monoisotopic (exact) mass is 437 g/mol. The van der Waals surface area contributed by atoms with Gasteiger partial charge in [0.1, 0.15) is 0 Å². The summed E-state index contributed by atoms with van der Waals surface area (Å²) >= 11 is 0. The highest BCUT2D eigenvalue weighted by molar-refractivity contribution is 6.06. The highest BCUT2D eigenvalue weighted by atomic mass is 16.1. The molecule has 0 saturated carbocycles. The average molecular weight is 438 g/mol. The van der Waals surface area contributed by atoms with E-state index in [0.29, 0.717) is 22.8 Å². The lowest BCUT2D eigenvalue weighted by Crippen LogP contribution is -2.14. The molecule has 7 heteroatoms. The predicted molar refractivity (Wildman–Crippen MR) is 129 cm³/mol. The molecule has 0 aliphatic rings. The first-order chi connectivity index (χ1) is 15.9. The number of carbonyl (C=O) groups excluding carboxylic acids is 2. The molecule has 0 fully saturated rings. The molecule has 0 radical (unpaired) electrons. The lowest BCUT2D eigenvalue weighted by atomic mass is 10.0. The van der Waals surface area contributed by atoms with Crippen LogP contribution in [0.15, 0.2) is 73.2 Å². The molecule has 0 atom stereocenters. The van der Waals surface area contributed by atoms with Crippen LogP contribution in [-0.2, 0) is 0 Å². The van der Waals surface area contributed by atoms with Gasteiger partial charge < -0.3 is 10.6 Å². The normalized spacial score (nSPS) is 10.5. The van der Waals surface area contributed by atoms with E-state index in [4.69, 9.17) is 0 Å². The van der Waals surface area contributed by atoms with Crippen LogP contribution >= 0.6 is 0 Å². The first-order valence-electron chi connectivity index (χ1n) is 10.4. The lowest BCUT2D eigenvalue weighted by Gasteiger charge is -2.13. The number of pyridine rings is 1. The Morgan fingerprint density at radius 3 is 2.48 bits per heavy atom. The molecule has 2 heterocycles. The Morgan fingerprint density at radius 1 is 0.909 bits per heavy atom. The van der Waals surface area contributed by atoms with Gasteiger partial charge in [-0.3, -0.25) is 14.6 Å². The number of anilines is 3. The van der Waals surface area contributed by atoms with Crippen molar-refractivity contribution in [3.8, 4) is 11.3 Å². The third kappa shape index (κ3) is 5.10. The number of nitrogens with zero attached hydrogens (tertiary/aromatic N) is 3. The molecule has 0 spiro atoms. The van der Waals surface area contributed by atoms with Crippen LogP contribution in [0.4, 0.5) is 17.3 Å². The standard InChI is InChI=1S/C26H23N5O2/c1-16-6-8-21(29-25(33)22-9-7-19(18(3)32)13-17(22)2)14-24(16)31-26-28-12-10-23(30-26)20-5-4-11-27-15-20/h4-15H,1-3H3,(H,29,33)(H,28,30,31). The molecule has 0 bridgehead atoms. The molecule has 2 aromatic carbocycles. The van der Waals surface area contributed by atoms with Crippen molar-refractivity contribution in [2.75, 3.05) is 10.6 Å². The summed E-state index contributed by atoms with van der Waals surface area (Å²) < 4.78 is 0. The van der Waals surface area contributed by atoms with E-state index in [-0.39, 0.29) is 11.7 Å². The molecule has 2 N–H and O–H groups in total. The third-order valence-electron chi connectivity index (χ3n) is 5.23. The minimum absolute atomic E-state index is 0.0332. The number of benzene rings is 2. The fourth-order valence-electron chi connectivity index (χ4n) is 3.38. The smallest absolute Gasteiger partial charge is 0.255 e. The summed E-state index contributed by atoms with van der Waals surface area (Å²) in [5, 5.41) is 6.16. The van der Waals surface area contributed by atoms with E-state index in [1.807, 2.05) is 50.2 Å². The minimum atomic E-state index is -0.243. The molecule has 0 aliphatic heterocycles. The number of Topliss-reactive ketones (excluding diaryl/α,β-unsaturated/α-hetero) is 1. The maximum Gasteiger partial charge on any atom is 0.255 e. The van der Waals surface area contributed by atoms with Crippen molar-refractivity contribution < 1.29 is 9.59 Å². The van der Waals surface area contributed by atoms with E-state index in [9.17, 15) is 9.59 Å². The average Bonchev–Trinajstić information content (AvgIpc) is 2.82. The molecule has 0 unspecified atom stereocenters. The molecule has 4 aromatic rings. The number of ketones is 1. The maximum absolute atomic E-state index is 12.8. The van der Waals surface area contributed by atoms with Gasteiger partial charge in [-0.1, -0.05) is 12.1 Å². The molecule has 2 aromatic heterocycles. The molecule has 164 valence electrons. The minimum Gasteiger partial charge on any atom is -0.324 e. The highest BCUT2D eigenvalue weighted by Gasteiger charge is 2.12. The van der Waals surface area contributed by atoms with Gasteiger partial charge in [-0.25, -0.2) is 9.97 Å². The van der Waals surface area contributed by atoms with Crippen molar-refractivity contribution in [2.45, 2.75) is 20.8 Å². The number of nitrogens with one attached hydrogen (secondary N) is 2. The molecule has 1 amide bonds. The molecule has 0 saturated heterocycles. The van der Waals surface area contributed by atoms with Crippen molar-refractivity contribution in [1.29, 1.82) is 0 Å². The summed E-state index contributed by atoms with van der Waals surface area (Å²) in [6.45, 7) is 5.28. The van der Waals surface area contributed by atoms with Gasteiger partial charge in [-0.2, -0.15) is 0 Å². The second-order valence-corrected chi connectivity index (χ2v) is 7.70. The van der Waals surface area contributed by atoms with Crippen LogP contribution < -0.4 is 10.6 Å². The van der Waals surface area contributed by atoms with Crippen molar-refractivity contribution in [1.82, 2.24) is 15.0 Å². The summed E-state index contributed by atoms with van der Waals surface area (Å²) in [6, 6.07) is 16.3. The Bertz CT molecular complexity index is 1340. The van der Waals surface area contributed by atoms with Gasteiger partial charge in [0.25, 0.3) is 5.91 Å². The Balaban J connectivity index is 1.54. The molecule has 4 rings (SSSR count). The predicted octanol–water partition coefficient (Wildman–Crippen LogP) is 5.35. The summed E-state index contributed by atoms with van der Waals surface area (Å²) in [4.78, 5) is 37.4. The van der Waals surface area contributed by atoms with Gasteiger partial charge in [0, 0.05) is 46.7 Å². The van der Waals surface area contributed by atoms with Crippen molar-refractivity contribution in [3.63, 3.8) is 0 Å². The molecular formula is C26H23N5O2. The van der Waals surface area contributed by atoms with Crippen LogP contribution in [-0.4, -0.2) is 26.6 Å². The van der Waals surface area contributed by atoms with Crippen molar-refractivity contribution >= 4 is 29.0 Å². The van der Waals surface area contributed by atoms with E-state index in [1.165, 1.54) is 6.92 Å². The second-order valence-electron chi connectivity index (χ2n) is 7.70. The van der Waals surface area contributed by atoms with Crippen LogP contribution in [0.25, 0.3) is 11.3 Å². The lowest BCUT2D eigenvalue weighted by molar-refractivity contribution is 0.100. The van der Waals surface area contributed by atoms with E-state index >= 15 is 0 Å². The van der Waals surface area contributed by atoms with Gasteiger partial charge in [0.05, 0.1) is 5.69 Å². The van der Waals surface area contributed by atoms with E-state index in [0.717, 1.165) is 28.1 Å². The van der Waals surface area contributed by atoms with Gasteiger partial charge in [0.15, 0.2) is 5.78 Å². The first-order valence-corrected chi connectivity index (χ1v) is 10.4. The van der Waals surface area contributed by atoms with Crippen LogP contribution in [0.3, 0.4) is 0 Å². The van der Waals surface area contributed by atoms with E-state index in [1.54, 1.807) is 36.8 Å². The van der Waals surface area contributed by atoms with E-state index in [2.05, 4.69) is 25.6 Å². The van der Waals surface area contributed by atoms with Crippen molar-refractivity contribution in [3.05, 3.63) is 95.4 Å². The Kier molecular flexibility index (Phi) is 6.22. The first kappa shape index (κ1) is 21.8. The van der Waals surface area contributed by atoms with Gasteiger partial charge in [-0.05, 0) is 74.4 Å². The molecular weight excluding hydrogens is 414 g/mol. The van der Waals surface area contributed by atoms with Gasteiger partial charge in [0.2, 0.25) is 5.95 Å². The van der Waals surface area contributed by atoms with Crippen LogP contribution in [0.5, 0.6) is 0 Å². The van der Waals surface area contributed by atoms with Crippen LogP contribution in [0.1, 0.15) is 38.8 Å². The summed E-state index contributed by atoms with van der Waals surface area (Å²) in [6.07, 6.45) is 5.15. The summed E-state index contributed by atoms with van der Waals surface area (Å²) in [5.74, 6) is 0.167. The fraction of sp³-hybridized carbons (Fsp3) is 0.115. The number of aromatic nitrogens is 3. The van der Waals surface area contributed by atoms with Crippen molar-refractivity contribution in [2.24, 2.45) is 0 Å². The number of carbonyl (C=O) groups is 2. The SMILES string of the molecule is CC(=O)c1ccc(C(=O)Nc2ccc(C)c(Nc3nccc(-c4cccnc4)n3)c2)c(C)c1. The summed E-state index contributed by atoms with van der Waals surface area (Å²) in [5.41, 5.74) is 5.88. The van der Waals surface area contributed by atoms with Crippen LogP contribution in [0.2, 0.25) is 0 Å². The highest BCUT2D eigenvalue weighted by Crippen LogP contribution is 2.25. The molecule has 0 aliphatic carbocycles. The number of amides is 1. The number of aryl methyl sites for hydroxylation is 2. The second kappa shape index (κ2) is 9.40. The topological polar surface area (TPSA) is 96.9 Å². The molecule has 7 nitrogen and oxygen atoms in total. The van der Waals surface area contributed by atoms with Gasteiger partial charge >= 0.3 is 0 Å². The zero-order chi connectivity index (χ0) is 23.4. The molecule has 33 heavy (non-hydrogen) atoms. The summed E-state index contributed by atoms with van der Waals surface area (Å²) in [7, 11) is 0. The van der Waals surface area contributed by atoms with Crippen LogP contribution in [0, 0.1) is 13.8 Å². The largest absolute Gasteiger partial charge is 0.324 e. The third-order valence-corrected chi connectivity index (χ3v) is 5.23. The number of hydrogen-bond acceptors (Lipinski definition) is 6. The fourth-order valence-corrected chi connectivity index (χ4v) is 3.38. The number of hydrogen-bond donors (Lipinski definition) is 2. The Labute approximate surface area is 192 Å². The van der Waals surface area contributed by atoms with Gasteiger partial charge in [-0.15, -0.1) is 0 Å². The zero-order valence-corrected chi connectivity index (χ0v) is 18.6.